The van der Waals surface area contributed by atoms with E-state index in [-0.39, 0.29) is 50.0 Å². The maximum absolute atomic E-state index is 14.2. The molecule has 2 aromatic heterocycles. The summed E-state index contributed by atoms with van der Waals surface area (Å²) in [4.78, 5) is 30.0. The van der Waals surface area contributed by atoms with Gasteiger partial charge in [-0.25, -0.2) is 22.5 Å². The number of halogens is 2. The number of aryl methyl sites for hydroxylation is 1. The Morgan fingerprint density at radius 1 is 1.18 bits per heavy atom. The van der Waals surface area contributed by atoms with Gasteiger partial charge in [-0.15, -0.1) is 0 Å². The highest BCUT2D eigenvalue weighted by molar-refractivity contribution is 7.89. The first-order valence-electron chi connectivity index (χ1n) is 11.5. The number of hydrogen-bond donors (Lipinski definition) is 2. The Balaban J connectivity index is 1.87. The number of carbonyl (C=O) groups is 1. The smallest absolute Gasteiger partial charge is 0.285 e. The maximum atomic E-state index is 14.2. The Labute approximate surface area is 228 Å². The number of sulfonamides is 1. The molecule has 1 amide bonds. The van der Waals surface area contributed by atoms with E-state index in [0.29, 0.717) is 10.9 Å². The van der Waals surface area contributed by atoms with Crippen molar-refractivity contribution in [1.82, 2.24) is 9.71 Å². The molecule has 0 saturated carbocycles. The number of pyridine rings is 1. The summed E-state index contributed by atoms with van der Waals surface area (Å²) in [5, 5.41) is 12.7. The van der Waals surface area contributed by atoms with Crippen LogP contribution in [0.15, 0.2) is 51.7 Å². The molecule has 4 rings (SSSR count). The van der Waals surface area contributed by atoms with Crippen LogP contribution < -0.4 is 15.5 Å². The van der Waals surface area contributed by atoms with Crippen LogP contribution in [-0.4, -0.2) is 25.6 Å². The van der Waals surface area contributed by atoms with Gasteiger partial charge in [0.15, 0.2) is 11.1 Å². The Hall–Kier alpha value is -4.27. The van der Waals surface area contributed by atoms with E-state index < -0.39 is 27.8 Å². The van der Waals surface area contributed by atoms with Gasteiger partial charge in [0, 0.05) is 16.7 Å². The van der Waals surface area contributed by atoms with Crippen molar-refractivity contribution in [3.8, 4) is 17.4 Å². The number of nitrogens with one attached hydrogen (secondary N) is 2. The fourth-order valence-electron chi connectivity index (χ4n) is 4.20. The number of anilines is 1. The molecule has 1 atom stereocenters. The minimum Gasteiger partial charge on any atom is -0.455 e. The quantitative estimate of drug-likeness (QED) is 0.309. The summed E-state index contributed by atoms with van der Waals surface area (Å²) < 4.78 is 45.5. The van der Waals surface area contributed by atoms with Crippen LogP contribution in [0.2, 0.25) is 5.15 Å². The molecular weight excluding hydrogens is 547 g/mol. The molecule has 2 aromatic carbocycles. The summed E-state index contributed by atoms with van der Waals surface area (Å²) in [7, 11) is -3.87. The van der Waals surface area contributed by atoms with E-state index in [2.05, 4.69) is 10.3 Å². The number of nitriles is 1. The molecule has 0 spiro atoms. The summed E-state index contributed by atoms with van der Waals surface area (Å²) in [6.07, 6.45) is 0.837. The first-order valence-corrected chi connectivity index (χ1v) is 13.8. The standard InChI is InChI=1S/C27H22ClFN4O5S/c1-13-7-19(15(3)31-21-5-6-22(28)32-23(21)27(35)33-39(4,36)37)26-20(8-13)24(34)14(2)25(38-26)17-9-16(12-30)10-18(29)11-17/h5-11,15,31H,1-4H3,(H,33,35)/t15-/m1/s1. The number of benzene rings is 2. The van der Waals surface area contributed by atoms with Crippen LogP contribution in [0.1, 0.15) is 45.7 Å². The summed E-state index contributed by atoms with van der Waals surface area (Å²) >= 11 is 5.96. The second kappa shape index (κ2) is 10.5. The predicted octanol–water partition coefficient (Wildman–Crippen LogP) is 5.00. The van der Waals surface area contributed by atoms with Crippen molar-refractivity contribution in [3.63, 3.8) is 0 Å². The van der Waals surface area contributed by atoms with Crippen LogP contribution in [0.3, 0.4) is 0 Å². The molecule has 0 fully saturated rings. The Bertz CT molecular complexity index is 1870. The molecule has 39 heavy (non-hydrogen) atoms. The normalized spacial score (nSPS) is 12.1. The fourth-order valence-corrected chi connectivity index (χ4v) is 4.78. The molecule has 2 N–H and O–H groups in total. The van der Waals surface area contributed by atoms with Gasteiger partial charge in [0.2, 0.25) is 10.0 Å². The third kappa shape index (κ3) is 5.92. The lowest BCUT2D eigenvalue weighted by atomic mass is 9.98. The van der Waals surface area contributed by atoms with Gasteiger partial charge in [0.05, 0.1) is 35.0 Å². The van der Waals surface area contributed by atoms with E-state index in [4.69, 9.17) is 16.0 Å². The maximum Gasteiger partial charge on any atom is 0.285 e. The first kappa shape index (κ1) is 27.8. The largest absolute Gasteiger partial charge is 0.455 e. The summed E-state index contributed by atoms with van der Waals surface area (Å²) in [6.45, 7) is 5.11. The van der Waals surface area contributed by atoms with Crippen molar-refractivity contribution < 1.29 is 22.0 Å². The zero-order chi connectivity index (χ0) is 28.6. The fraction of sp³-hybridized carbons (Fsp3) is 0.185. The Morgan fingerprint density at radius 2 is 1.90 bits per heavy atom. The van der Waals surface area contributed by atoms with Crippen LogP contribution in [0, 0.1) is 31.0 Å². The number of rotatable bonds is 6. The van der Waals surface area contributed by atoms with E-state index in [1.165, 1.54) is 24.3 Å². The van der Waals surface area contributed by atoms with E-state index >= 15 is 0 Å². The SMILES string of the molecule is Cc1cc([C@@H](C)Nc2ccc(Cl)nc2C(=O)NS(C)(=O)=O)c2oc(-c3cc(F)cc(C#N)c3)c(C)c(=O)c2c1. The lowest BCUT2D eigenvalue weighted by molar-refractivity contribution is 0.0977. The van der Waals surface area contributed by atoms with Crippen LogP contribution in [-0.2, 0) is 10.0 Å². The van der Waals surface area contributed by atoms with Crippen molar-refractivity contribution in [2.45, 2.75) is 26.8 Å². The Kier molecular flexibility index (Phi) is 7.46. The van der Waals surface area contributed by atoms with Gasteiger partial charge in [-0.1, -0.05) is 17.7 Å². The summed E-state index contributed by atoms with van der Waals surface area (Å²) in [6, 6.07) is 11.4. The zero-order valence-electron chi connectivity index (χ0n) is 21.2. The van der Waals surface area contributed by atoms with Crippen molar-refractivity contribution in [1.29, 1.82) is 5.26 Å². The lowest BCUT2D eigenvalue weighted by Crippen LogP contribution is -2.31. The number of amides is 1. The lowest BCUT2D eigenvalue weighted by Gasteiger charge is -2.20. The summed E-state index contributed by atoms with van der Waals surface area (Å²) in [5.74, 6) is -1.52. The molecule has 2 heterocycles. The molecule has 0 aliphatic heterocycles. The minimum atomic E-state index is -3.87. The van der Waals surface area contributed by atoms with E-state index in [1.54, 1.807) is 32.9 Å². The van der Waals surface area contributed by atoms with Gasteiger partial charge >= 0.3 is 0 Å². The molecular formula is C27H22ClFN4O5S. The van der Waals surface area contributed by atoms with E-state index in [0.717, 1.165) is 17.9 Å². The molecule has 0 radical (unpaired) electrons. The minimum absolute atomic E-state index is 0.0224. The molecule has 0 unspecified atom stereocenters. The average molecular weight is 569 g/mol. The van der Waals surface area contributed by atoms with Crippen LogP contribution >= 0.6 is 11.6 Å². The van der Waals surface area contributed by atoms with Gasteiger partial charge in [0.1, 0.15) is 22.3 Å². The van der Waals surface area contributed by atoms with Gasteiger partial charge in [-0.3, -0.25) is 9.59 Å². The molecule has 200 valence electrons. The molecule has 0 aliphatic carbocycles. The van der Waals surface area contributed by atoms with Crippen LogP contribution in [0.5, 0.6) is 0 Å². The van der Waals surface area contributed by atoms with Gasteiger partial charge in [-0.05, 0) is 62.7 Å². The van der Waals surface area contributed by atoms with Crippen molar-refractivity contribution in [2.24, 2.45) is 0 Å². The number of fused-ring (bicyclic) bond motifs is 1. The molecule has 12 heteroatoms. The van der Waals surface area contributed by atoms with Crippen LogP contribution in [0.25, 0.3) is 22.3 Å². The highest BCUT2D eigenvalue weighted by Crippen LogP contribution is 2.33. The number of carbonyl (C=O) groups excluding carboxylic acids is 1. The second-order valence-corrected chi connectivity index (χ2v) is 11.2. The average Bonchev–Trinajstić information content (AvgIpc) is 2.85. The Morgan fingerprint density at radius 3 is 2.56 bits per heavy atom. The van der Waals surface area contributed by atoms with Gasteiger partial charge < -0.3 is 9.73 Å². The number of aromatic nitrogens is 1. The number of hydrogen-bond acceptors (Lipinski definition) is 8. The van der Waals surface area contributed by atoms with Crippen molar-refractivity contribution in [3.05, 3.63) is 91.6 Å². The van der Waals surface area contributed by atoms with Crippen molar-refractivity contribution >= 4 is 44.2 Å². The topological polar surface area (TPSA) is 142 Å². The van der Waals surface area contributed by atoms with Gasteiger partial charge in [-0.2, -0.15) is 5.26 Å². The molecule has 9 nitrogen and oxygen atoms in total. The second-order valence-electron chi connectivity index (χ2n) is 9.06. The molecule has 0 aliphatic rings. The third-order valence-corrected chi connectivity index (χ3v) is 6.64. The molecule has 4 aromatic rings. The van der Waals surface area contributed by atoms with Crippen LogP contribution in [0.4, 0.5) is 10.1 Å². The first-order chi connectivity index (χ1) is 18.3. The van der Waals surface area contributed by atoms with Crippen molar-refractivity contribution in [2.75, 3.05) is 11.6 Å². The zero-order valence-corrected chi connectivity index (χ0v) is 22.8. The van der Waals surface area contributed by atoms with E-state index in [9.17, 15) is 27.7 Å². The third-order valence-electron chi connectivity index (χ3n) is 5.87. The molecule has 0 bridgehead atoms. The highest BCUT2D eigenvalue weighted by Gasteiger charge is 2.23. The monoisotopic (exact) mass is 568 g/mol. The molecule has 0 saturated heterocycles. The highest BCUT2D eigenvalue weighted by atomic mass is 35.5. The number of nitrogens with zero attached hydrogens (tertiary/aromatic N) is 2. The summed E-state index contributed by atoms with van der Waals surface area (Å²) in [5.41, 5.74) is 1.66. The predicted molar refractivity (Wildman–Crippen MR) is 146 cm³/mol. The van der Waals surface area contributed by atoms with Gasteiger partial charge in [0.25, 0.3) is 5.91 Å². The van der Waals surface area contributed by atoms with E-state index in [1.807, 2.05) is 10.8 Å².